The minimum atomic E-state index is -4.12. The Balaban J connectivity index is 1.98. The van der Waals surface area contributed by atoms with Crippen molar-refractivity contribution in [1.82, 2.24) is 9.03 Å². The highest BCUT2D eigenvalue weighted by Crippen LogP contribution is 2.35. The number of aliphatic carboxylic acids is 1. The van der Waals surface area contributed by atoms with Crippen LogP contribution in [0.2, 0.25) is 0 Å². The molecule has 1 aromatic carbocycles. The third-order valence-electron chi connectivity index (χ3n) is 4.61. The molecule has 2 N–H and O–H groups in total. The molecule has 0 radical (unpaired) electrons. The van der Waals surface area contributed by atoms with Gasteiger partial charge < -0.3 is 5.11 Å². The fourth-order valence-electron chi connectivity index (χ4n) is 2.81. The van der Waals surface area contributed by atoms with E-state index in [4.69, 9.17) is 0 Å². The molecule has 0 spiro atoms. The summed E-state index contributed by atoms with van der Waals surface area (Å²) < 4.78 is 54.5. The summed E-state index contributed by atoms with van der Waals surface area (Å²) in [4.78, 5) is 10.7. The predicted molar refractivity (Wildman–Crippen MR) is 88.9 cm³/mol. The summed E-state index contributed by atoms with van der Waals surface area (Å²) in [6.07, 6.45) is 1.64. The summed E-state index contributed by atoms with van der Waals surface area (Å²) in [7, 11) is -8.08. The zero-order chi connectivity index (χ0) is 18.5. The van der Waals surface area contributed by atoms with Crippen LogP contribution in [0.15, 0.2) is 34.1 Å². The van der Waals surface area contributed by atoms with Crippen LogP contribution in [0, 0.1) is 5.41 Å². The molecule has 1 unspecified atom stereocenters. The van der Waals surface area contributed by atoms with Crippen LogP contribution in [-0.4, -0.2) is 51.3 Å². The Kier molecular flexibility index (Phi) is 4.43. The number of hydrogen-bond donors (Lipinski definition) is 2. The fourth-order valence-corrected chi connectivity index (χ4v) is 6.48. The van der Waals surface area contributed by atoms with E-state index in [1.807, 2.05) is 0 Å². The van der Waals surface area contributed by atoms with E-state index in [0.29, 0.717) is 0 Å². The molecule has 3 rings (SSSR count). The highest BCUT2D eigenvalue weighted by Gasteiger charge is 2.46. The monoisotopic (exact) mass is 388 g/mol. The molecule has 0 amide bonds. The van der Waals surface area contributed by atoms with E-state index in [9.17, 15) is 26.7 Å². The summed E-state index contributed by atoms with van der Waals surface area (Å²) >= 11 is 0. The zero-order valence-electron chi connectivity index (χ0n) is 13.7. The van der Waals surface area contributed by atoms with Crippen LogP contribution in [-0.2, 0) is 24.8 Å². The molecule has 1 atom stereocenters. The highest BCUT2D eigenvalue weighted by atomic mass is 32.2. The van der Waals surface area contributed by atoms with Gasteiger partial charge in [0, 0.05) is 19.1 Å². The average Bonchev–Trinajstić information content (AvgIpc) is 3.24. The molecule has 8 nitrogen and oxygen atoms in total. The smallest absolute Gasteiger partial charge is 0.310 e. The lowest BCUT2D eigenvalue weighted by atomic mass is 9.90. The Morgan fingerprint density at radius 3 is 2.32 bits per heavy atom. The number of benzene rings is 1. The number of hydrogen-bond acceptors (Lipinski definition) is 5. The molecule has 1 aromatic rings. The standard InChI is InChI=1S/C15H20N2O6S2/c1-15(14(18)19)8-9-17(10-15)25(22,23)13-5-3-2-4-12(13)24(20,21)16-11-6-7-11/h2-5,11,16H,6-10H2,1H3,(H,18,19). The first kappa shape index (κ1) is 18.3. The molecular weight excluding hydrogens is 368 g/mol. The molecule has 138 valence electrons. The van der Waals surface area contributed by atoms with Crippen LogP contribution in [0.4, 0.5) is 0 Å². The molecule has 1 aliphatic heterocycles. The molecule has 1 heterocycles. The molecule has 1 saturated carbocycles. The van der Waals surface area contributed by atoms with E-state index in [1.54, 1.807) is 0 Å². The number of carbonyl (C=O) groups is 1. The second kappa shape index (κ2) is 6.04. The number of nitrogens with one attached hydrogen (secondary N) is 1. The Labute approximate surface area is 146 Å². The molecule has 10 heteroatoms. The summed E-state index contributed by atoms with van der Waals surface area (Å²) in [6, 6.07) is 5.27. The van der Waals surface area contributed by atoms with Gasteiger partial charge in [-0.25, -0.2) is 21.6 Å². The van der Waals surface area contributed by atoms with Crippen molar-refractivity contribution >= 4 is 26.0 Å². The Bertz CT molecular complexity index is 908. The molecule has 2 aliphatic rings. The van der Waals surface area contributed by atoms with Gasteiger partial charge in [-0.3, -0.25) is 4.79 Å². The van der Waals surface area contributed by atoms with Gasteiger partial charge in [-0.2, -0.15) is 4.31 Å². The normalized spacial score (nSPS) is 25.2. The van der Waals surface area contributed by atoms with Gasteiger partial charge in [0.2, 0.25) is 20.0 Å². The third kappa shape index (κ3) is 3.43. The van der Waals surface area contributed by atoms with E-state index in [0.717, 1.165) is 17.1 Å². The minimum Gasteiger partial charge on any atom is -0.481 e. The number of carboxylic acid groups (broad SMARTS) is 1. The lowest BCUT2D eigenvalue weighted by molar-refractivity contribution is -0.146. The van der Waals surface area contributed by atoms with Gasteiger partial charge >= 0.3 is 5.97 Å². The molecular formula is C15H20N2O6S2. The van der Waals surface area contributed by atoms with Crippen LogP contribution in [0.5, 0.6) is 0 Å². The maximum atomic E-state index is 13.0. The summed E-state index contributed by atoms with van der Waals surface area (Å²) in [5.74, 6) is -1.07. The van der Waals surface area contributed by atoms with Crippen molar-refractivity contribution in [2.45, 2.75) is 42.0 Å². The molecule has 25 heavy (non-hydrogen) atoms. The fraction of sp³-hybridized carbons (Fsp3) is 0.533. The second-order valence-electron chi connectivity index (χ2n) is 6.80. The van der Waals surface area contributed by atoms with E-state index in [1.165, 1.54) is 31.2 Å². The molecule has 0 aromatic heterocycles. The first-order chi connectivity index (χ1) is 11.6. The van der Waals surface area contributed by atoms with Crippen molar-refractivity contribution in [3.05, 3.63) is 24.3 Å². The maximum Gasteiger partial charge on any atom is 0.310 e. The Hall–Kier alpha value is -1.49. The first-order valence-corrected chi connectivity index (χ1v) is 10.8. The van der Waals surface area contributed by atoms with Gasteiger partial charge in [0.25, 0.3) is 0 Å². The second-order valence-corrected chi connectivity index (χ2v) is 10.4. The molecule has 0 bridgehead atoms. The Morgan fingerprint density at radius 1 is 1.20 bits per heavy atom. The van der Waals surface area contributed by atoms with Crippen molar-refractivity contribution in [3.8, 4) is 0 Å². The summed E-state index contributed by atoms with van der Waals surface area (Å²) in [5.41, 5.74) is -1.17. The summed E-state index contributed by atoms with van der Waals surface area (Å²) in [5, 5.41) is 9.29. The van der Waals surface area contributed by atoms with Gasteiger partial charge in [0.1, 0.15) is 9.79 Å². The van der Waals surface area contributed by atoms with Crippen molar-refractivity contribution in [3.63, 3.8) is 0 Å². The zero-order valence-corrected chi connectivity index (χ0v) is 15.3. The largest absolute Gasteiger partial charge is 0.481 e. The lowest BCUT2D eigenvalue weighted by Gasteiger charge is -2.21. The van der Waals surface area contributed by atoms with Crippen molar-refractivity contribution in [2.75, 3.05) is 13.1 Å². The number of rotatable bonds is 6. The average molecular weight is 388 g/mol. The lowest BCUT2D eigenvalue weighted by Crippen LogP contribution is -2.36. The maximum absolute atomic E-state index is 13.0. The highest BCUT2D eigenvalue weighted by molar-refractivity contribution is 7.92. The van der Waals surface area contributed by atoms with E-state index >= 15 is 0 Å². The van der Waals surface area contributed by atoms with Crippen molar-refractivity contribution in [1.29, 1.82) is 0 Å². The van der Waals surface area contributed by atoms with Crippen molar-refractivity contribution in [2.24, 2.45) is 5.41 Å². The molecule has 1 saturated heterocycles. The Morgan fingerprint density at radius 2 is 1.80 bits per heavy atom. The van der Waals surface area contributed by atoms with Gasteiger partial charge in [-0.15, -0.1) is 0 Å². The van der Waals surface area contributed by atoms with Crippen LogP contribution in [0.1, 0.15) is 26.2 Å². The minimum absolute atomic E-state index is 0.0373. The predicted octanol–water partition coefficient (Wildman–Crippen LogP) is 0.613. The topological polar surface area (TPSA) is 121 Å². The number of nitrogens with zero attached hydrogens (tertiary/aromatic N) is 1. The van der Waals surface area contributed by atoms with Gasteiger partial charge in [0.05, 0.1) is 5.41 Å². The third-order valence-corrected chi connectivity index (χ3v) is 8.22. The SMILES string of the molecule is CC1(C(=O)O)CCN(S(=O)(=O)c2ccccc2S(=O)(=O)NC2CC2)C1. The van der Waals surface area contributed by atoms with Crippen LogP contribution in [0.3, 0.4) is 0 Å². The van der Waals surface area contributed by atoms with E-state index in [2.05, 4.69) is 4.72 Å². The van der Waals surface area contributed by atoms with Gasteiger partial charge in [0.15, 0.2) is 0 Å². The number of sulfonamides is 2. The quantitative estimate of drug-likeness (QED) is 0.737. The van der Waals surface area contributed by atoms with Crippen molar-refractivity contribution < 1.29 is 26.7 Å². The van der Waals surface area contributed by atoms with Crippen LogP contribution in [0.25, 0.3) is 0 Å². The van der Waals surface area contributed by atoms with E-state index in [-0.39, 0.29) is 35.3 Å². The van der Waals surface area contributed by atoms with Gasteiger partial charge in [-0.05, 0) is 38.3 Å². The molecule has 1 aliphatic carbocycles. The van der Waals surface area contributed by atoms with Crippen LogP contribution >= 0.6 is 0 Å². The van der Waals surface area contributed by atoms with Crippen LogP contribution < -0.4 is 4.72 Å². The molecule has 2 fully saturated rings. The summed E-state index contributed by atoms with van der Waals surface area (Å²) in [6.45, 7) is 1.34. The first-order valence-electron chi connectivity index (χ1n) is 7.91. The number of carboxylic acids is 1. The van der Waals surface area contributed by atoms with Gasteiger partial charge in [-0.1, -0.05) is 12.1 Å². The van der Waals surface area contributed by atoms with E-state index < -0.39 is 31.4 Å².